The van der Waals surface area contributed by atoms with Crippen molar-refractivity contribution in [2.24, 2.45) is 5.73 Å². The minimum atomic E-state index is -0.577. The van der Waals surface area contributed by atoms with Gasteiger partial charge in [0, 0.05) is 6.54 Å². The molecule has 0 aliphatic heterocycles. The summed E-state index contributed by atoms with van der Waals surface area (Å²) in [6.45, 7) is 0.407. The summed E-state index contributed by atoms with van der Waals surface area (Å²) in [5.74, 6) is -0.870. The van der Waals surface area contributed by atoms with Crippen LogP contribution in [-0.4, -0.2) is 5.91 Å². The van der Waals surface area contributed by atoms with Gasteiger partial charge < -0.3 is 16.8 Å². The van der Waals surface area contributed by atoms with Crippen LogP contribution in [0.3, 0.4) is 0 Å². The SMILES string of the molecule is NC(=O)c1cccc(NCc2cccc(F)c2)c1N. The molecule has 2 aromatic rings. The van der Waals surface area contributed by atoms with Crippen LogP contribution in [-0.2, 0) is 6.54 Å². The monoisotopic (exact) mass is 259 g/mol. The highest BCUT2D eigenvalue weighted by molar-refractivity contribution is 6.00. The van der Waals surface area contributed by atoms with Crippen LogP contribution in [0.2, 0.25) is 0 Å². The van der Waals surface area contributed by atoms with Crippen molar-refractivity contribution >= 4 is 17.3 Å². The second-order valence-electron chi connectivity index (χ2n) is 4.11. The Kier molecular flexibility index (Phi) is 3.66. The Bertz CT molecular complexity index is 613. The molecule has 4 nitrogen and oxygen atoms in total. The molecule has 0 heterocycles. The molecule has 0 radical (unpaired) electrons. The number of primary amides is 1. The lowest BCUT2D eigenvalue weighted by Crippen LogP contribution is -2.14. The molecular formula is C14H14FN3O. The van der Waals surface area contributed by atoms with Crippen LogP contribution in [0, 0.1) is 5.82 Å². The van der Waals surface area contributed by atoms with Gasteiger partial charge in [-0.15, -0.1) is 0 Å². The Morgan fingerprint density at radius 2 is 1.95 bits per heavy atom. The zero-order valence-corrected chi connectivity index (χ0v) is 10.2. The Labute approximate surface area is 110 Å². The molecule has 0 saturated carbocycles. The topological polar surface area (TPSA) is 81.1 Å². The molecule has 0 fully saturated rings. The standard InChI is InChI=1S/C14H14FN3O/c15-10-4-1-3-9(7-10)8-18-12-6-2-5-11(13(12)16)14(17)19/h1-7,18H,8,16H2,(H2,17,19). The minimum Gasteiger partial charge on any atom is -0.396 e. The van der Waals surface area contributed by atoms with E-state index in [0.29, 0.717) is 17.9 Å². The molecule has 19 heavy (non-hydrogen) atoms. The number of hydrogen-bond donors (Lipinski definition) is 3. The van der Waals surface area contributed by atoms with Crippen molar-refractivity contribution in [2.45, 2.75) is 6.54 Å². The quantitative estimate of drug-likeness (QED) is 0.736. The zero-order chi connectivity index (χ0) is 13.8. The first-order valence-electron chi connectivity index (χ1n) is 5.74. The molecule has 98 valence electrons. The predicted octanol–water partition coefficient (Wildman–Crippen LogP) is 2.12. The van der Waals surface area contributed by atoms with E-state index < -0.39 is 5.91 Å². The maximum Gasteiger partial charge on any atom is 0.250 e. The largest absolute Gasteiger partial charge is 0.396 e. The molecule has 5 heteroatoms. The third-order valence-corrected chi connectivity index (χ3v) is 2.74. The fraction of sp³-hybridized carbons (Fsp3) is 0.0714. The smallest absolute Gasteiger partial charge is 0.250 e. The van der Waals surface area contributed by atoms with Gasteiger partial charge in [0.1, 0.15) is 5.82 Å². The number of nitrogens with one attached hydrogen (secondary N) is 1. The van der Waals surface area contributed by atoms with E-state index >= 15 is 0 Å². The number of nitrogen functional groups attached to an aromatic ring is 1. The summed E-state index contributed by atoms with van der Waals surface area (Å²) in [6, 6.07) is 11.2. The number of benzene rings is 2. The Balaban J connectivity index is 2.16. The highest BCUT2D eigenvalue weighted by Gasteiger charge is 2.09. The molecule has 2 rings (SSSR count). The summed E-state index contributed by atoms with van der Waals surface area (Å²) in [5.41, 5.74) is 13.0. The average molecular weight is 259 g/mol. The van der Waals surface area contributed by atoms with Crippen molar-refractivity contribution in [3.8, 4) is 0 Å². The third kappa shape index (κ3) is 3.01. The van der Waals surface area contributed by atoms with Crippen LogP contribution in [0.5, 0.6) is 0 Å². The normalized spacial score (nSPS) is 10.2. The lowest BCUT2D eigenvalue weighted by atomic mass is 10.1. The van der Waals surface area contributed by atoms with Crippen molar-refractivity contribution in [2.75, 3.05) is 11.1 Å². The fourth-order valence-electron chi connectivity index (χ4n) is 1.78. The second kappa shape index (κ2) is 5.39. The summed E-state index contributed by atoms with van der Waals surface area (Å²) in [7, 11) is 0. The number of halogens is 1. The maximum atomic E-state index is 13.0. The van der Waals surface area contributed by atoms with Gasteiger partial charge in [0.05, 0.1) is 16.9 Å². The maximum absolute atomic E-state index is 13.0. The second-order valence-corrected chi connectivity index (χ2v) is 4.11. The molecule has 0 spiro atoms. The molecule has 0 saturated heterocycles. The number of rotatable bonds is 4. The van der Waals surface area contributed by atoms with Gasteiger partial charge in [0.2, 0.25) is 0 Å². The van der Waals surface area contributed by atoms with Gasteiger partial charge in [0.15, 0.2) is 0 Å². The van der Waals surface area contributed by atoms with Crippen LogP contribution in [0.4, 0.5) is 15.8 Å². The van der Waals surface area contributed by atoms with Crippen LogP contribution < -0.4 is 16.8 Å². The number of carbonyl (C=O) groups excluding carboxylic acids is 1. The molecule has 1 amide bonds. The minimum absolute atomic E-state index is 0.268. The van der Waals surface area contributed by atoms with Crippen LogP contribution >= 0.6 is 0 Å². The van der Waals surface area contributed by atoms with E-state index in [2.05, 4.69) is 5.32 Å². The molecule has 0 aliphatic carbocycles. The van der Waals surface area contributed by atoms with Crippen molar-refractivity contribution in [3.05, 3.63) is 59.4 Å². The first-order valence-corrected chi connectivity index (χ1v) is 5.74. The fourth-order valence-corrected chi connectivity index (χ4v) is 1.78. The highest BCUT2D eigenvalue weighted by Crippen LogP contribution is 2.23. The number of hydrogen-bond acceptors (Lipinski definition) is 3. The van der Waals surface area contributed by atoms with Gasteiger partial charge in [0.25, 0.3) is 5.91 Å². The molecule has 5 N–H and O–H groups in total. The predicted molar refractivity (Wildman–Crippen MR) is 73.1 cm³/mol. The van der Waals surface area contributed by atoms with E-state index in [1.165, 1.54) is 12.1 Å². The molecule has 0 atom stereocenters. The van der Waals surface area contributed by atoms with Gasteiger partial charge in [-0.1, -0.05) is 18.2 Å². The van der Waals surface area contributed by atoms with Crippen LogP contribution in [0.15, 0.2) is 42.5 Å². The van der Waals surface area contributed by atoms with Gasteiger partial charge in [-0.25, -0.2) is 4.39 Å². The lowest BCUT2D eigenvalue weighted by Gasteiger charge is -2.11. The Hall–Kier alpha value is -2.56. The highest BCUT2D eigenvalue weighted by atomic mass is 19.1. The van der Waals surface area contributed by atoms with Crippen molar-refractivity contribution in [1.82, 2.24) is 0 Å². The lowest BCUT2D eigenvalue weighted by molar-refractivity contribution is 0.100. The molecule has 0 aliphatic rings. The van der Waals surface area contributed by atoms with Gasteiger partial charge in [-0.3, -0.25) is 4.79 Å². The van der Waals surface area contributed by atoms with Gasteiger partial charge in [-0.2, -0.15) is 0 Å². The number of nitrogens with two attached hydrogens (primary N) is 2. The van der Waals surface area contributed by atoms with E-state index in [9.17, 15) is 9.18 Å². The molecular weight excluding hydrogens is 245 g/mol. The van der Waals surface area contributed by atoms with Crippen LogP contribution in [0.1, 0.15) is 15.9 Å². The summed E-state index contributed by atoms with van der Waals surface area (Å²) in [4.78, 5) is 11.2. The first-order chi connectivity index (χ1) is 9.08. The summed E-state index contributed by atoms with van der Waals surface area (Å²) in [6.07, 6.45) is 0. The average Bonchev–Trinajstić information content (AvgIpc) is 2.37. The van der Waals surface area contributed by atoms with E-state index in [1.807, 2.05) is 0 Å². The molecule has 0 unspecified atom stereocenters. The summed E-state index contributed by atoms with van der Waals surface area (Å²) >= 11 is 0. The Morgan fingerprint density at radius 1 is 1.21 bits per heavy atom. The van der Waals surface area contributed by atoms with E-state index in [1.54, 1.807) is 30.3 Å². The molecule has 0 aromatic heterocycles. The van der Waals surface area contributed by atoms with E-state index in [4.69, 9.17) is 11.5 Å². The number of anilines is 2. The van der Waals surface area contributed by atoms with Crippen molar-refractivity contribution < 1.29 is 9.18 Å². The zero-order valence-electron chi connectivity index (χ0n) is 10.2. The molecule has 2 aromatic carbocycles. The van der Waals surface area contributed by atoms with E-state index in [-0.39, 0.29) is 11.4 Å². The summed E-state index contributed by atoms with van der Waals surface area (Å²) < 4.78 is 13.0. The number of para-hydroxylation sites is 1. The molecule has 0 bridgehead atoms. The first kappa shape index (κ1) is 12.9. The number of carbonyl (C=O) groups is 1. The van der Waals surface area contributed by atoms with E-state index in [0.717, 1.165) is 5.56 Å². The van der Waals surface area contributed by atoms with Crippen LogP contribution in [0.25, 0.3) is 0 Å². The third-order valence-electron chi connectivity index (χ3n) is 2.74. The van der Waals surface area contributed by atoms with Crippen molar-refractivity contribution in [1.29, 1.82) is 0 Å². The Morgan fingerprint density at radius 3 is 2.63 bits per heavy atom. The van der Waals surface area contributed by atoms with Crippen molar-refractivity contribution in [3.63, 3.8) is 0 Å². The number of amides is 1. The van der Waals surface area contributed by atoms with Gasteiger partial charge in [-0.05, 0) is 29.8 Å². The summed E-state index contributed by atoms with van der Waals surface area (Å²) in [5, 5.41) is 3.05. The van der Waals surface area contributed by atoms with Gasteiger partial charge >= 0.3 is 0 Å².